The molecule has 2 heterocycles. The number of aromatic nitrogens is 2. The van der Waals surface area contributed by atoms with Crippen molar-refractivity contribution < 1.29 is 13.9 Å². The second-order valence-corrected chi connectivity index (χ2v) is 6.43. The van der Waals surface area contributed by atoms with Crippen LogP contribution < -0.4 is 10.1 Å². The molecule has 0 unspecified atom stereocenters. The largest absolute Gasteiger partial charge is 0.455 e. The molecule has 4 rings (SSSR count). The van der Waals surface area contributed by atoms with Crippen LogP contribution in [0.15, 0.2) is 73.1 Å². The molecule has 4 aromatic rings. The number of fused-ring (bicyclic) bond motifs is 1. The number of amides is 1. The van der Waals surface area contributed by atoms with Gasteiger partial charge < -0.3 is 14.5 Å². The number of halogens is 1. The lowest BCUT2D eigenvalue weighted by Gasteiger charge is -2.12. The van der Waals surface area contributed by atoms with Crippen LogP contribution >= 0.6 is 0 Å². The van der Waals surface area contributed by atoms with E-state index in [1.165, 1.54) is 18.2 Å². The molecule has 0 saturated heterocycles. The fourth-order valence-electron chi connectivity index (χ4n) is 2.95. The highest BCUT2D eigenvalue weighted by Gasteiger charge is 2.13. The summed E-state index contributed by atoms with van der Waals surface area (Å²) in [6.07, 6.45) is 3.77. The summed E-state index contributed by atoms with van der Waals surface area (Å²) in [6.45, 7) is 1.96. The standard InChI is InChI=1S/C22H18FN3O2/c1-15-6-5-11-26-14-17(24-22(15)26)13-21(27)25-19-12-16(23)9-10-20(19)28-18-7-3-2-4-8-18/h2-12,14H,13H2,1H3,(H,25,27). The Kier molecular flexibility index (Phi) is 4.76. The Bertz CT molecular complexity index is 1140. The van der Waals surface area contributed by atoms with Gasteiger partial charge in [-0.1, -0.05) is 24.3 Å². The molecule has 0 aliphatic heterocycles. The van der Waals surface area contributed by atoms with Gasteiger partial charge in [-0.25, -0.2) is 9.37 Å². The van der Waals surface area contributed by atoms with Crippen molar-refractivity contribution >= 4 is 17.2 Å². The number of rotatable bonds is 5. The van der Waals surface area contributed by atoms with E-state index in [2.05, 4.69) is 10.3 Å². The number of carbonyl (C=O) groups is 1. The zero-order chi connectivity index (χ0) is 19.5. The molecular formula is C22H18FN3O2. The van der Waals surface area contributed by atoms with Crippen molar-refractivity contribution in [1.29, 1.82) is 0 Å². The van der Waals surface area contributed by atoms with Crippen molar-refractivity contribution in [2.24, 2.45) is 0 Å². The summed E-state index contributed by atoms with van der Waals surface area (Å²) >= 11 is 0. The van der Waals surface area contributed by atoms with Crippen LogP contribution in [0.5, 0.6) is 11.5 Å². The van der Waals surface area contributed by atoms with Crippen molar-refractivity contribution in [2.75, 3.05) is 5.32 Å². The van der Waals surface area contributed by atoms with Crippen LogP contribution in [0.4, 0.5) is 10.1 Å². The molecule has 2 aromatic carbocycles. The normalized spacial score (nSPS) is 10.8. The Labute approximate surface area is 161 Å². The second kappa shape index (κ2) is 7.52. The van der Waals surface area contributed by atoms with Crippen LogP contribution in [-0.2, 0) is 11.2 Å². The van der Waals surface area contributed by atoms with E-state index in [0.29, 0.717) is 17.2 Å². The van der Waals surface area contributed by atoms with Crippen LogP contribution in [0.2, 0.25) is 0 Å². The molecule has 0 aliphatic carbocycles. The number of anilines is 1. The molecule has 1 N–H and O–H groups in total. The molecule has 0 aliphatic rings. The van der Waals surface area contributed by atoms with Gasteiger partial charge in [0, 0.05) is 18.5 Å². The fourth-order valence-corrected chi connectivity index (χ4v) is 2.95. The maximum Gasteiger partial charge on any atom is 0.230 e. The molecular weight excluding hydrogens is 357 g/mol. The van der Waals surface area contributed by atoms with Gasteiger partial charge >= 0.3 is 0 Å². The third kappa shape index (κ3) is 3.86. The highest BCUT2D eigenvalue weighted by molar-refractivity contribution is 5.93. The summed E-state index contributed by atoms with van der Waals surface area (Å²) in [6, 6.07) is 17.0. The number of hydrogen-bond donors (Lipinski definition) is 1. The van der Waals surface area contributed by atoms with Gasteiger partial charge in [0.1, 0.15) is 17.2 Å². The SMILES string of the molecule is Cc1cccn2cc(CC(=O)Nc3cc(F)ccc3Oc3ccccc3)nc12. The molecule has 0 radical (unpaired) electrons. The van der Waals surface area contributed by atoms with Crippen LogP contribution in [-0.4, -0.2) is 15.3 Å². The van der Waals surface area contributed by atoms with Crippen molar-refractivity contribution in [1.82, 2.24) is 9.38 Å². The maximum absolute atomic E-state index is 13.7. The summed E-state index contributed by atoms with van der Waals surface area (Å²) < 4.78 is 21.4. The Morgan fingerprint density at radius 1 is 1.14 bits per heavy atom. The Balaban J connectivity index is 1.53. The van der Waals surface area contributed by atoms with Crippen molar-refractivity contribution in [3.8, 4) is 11.5 Å². The molecule has 0 fully saturated rings. The van der Waals surface area contributed by atoms with Gasteiger partial charge in [0.05, 0.1) is 17.8 Å². The summed E-state index contributed by atoms with van der Waals surface area (Å²) in [7, 11) is 0. The van der Waals surface area contributed by atoms with Gasteiger partial charge in [-0.2, -0.15) is 0 Å². The van der Waals surface area contributed by atoms with Crippen LogP contribution in [0.1, 0.15) is 11.3 Å². The smallest absolute Gasteiger partial charge is 0.230 e. The number of pyridine rings is 1. The number of benzene rings is 2. The molecule has 0 bridgehead atoms. The first-order valence-corrected chi connectivity index (χ1v) is 8.84. The number of para-hydroxylation sites is 1. The number of hydrogen-bond acceptors (Lipinski definition) is 3. The van der Waals surface area contributed by atoms with Gasteiger partial charge in [0.15, 0.2) is 5.75 Å². The molecule has 6 heteroatoms. The molecule has 1 amide bonds. The quantitative estimate of drug-likeness (QED) is 0.547. The van der Waals surface area contributed by atoms with E-state index in [1.54, 1.807) is 12.1 Å². The first-order chi connectivity index (χ1) is 13.6. The Hall–Kier alpha value is -3.67. The Morgan fingerprint density at radius 3 is 2.75 bits per heavy atom. The molecule has 0 saturated carbocycles. The first-order valence-electron chi connectivity index (χ1n) is 8.84. The van der Waals surface area contributed by atoms with Gasteiger partial charge in [-0.15, -0.1) is 0 Å². The third-order valence-corrected chi connectivity index (χ3v) is 4.26. The number of aryl methyl sites for hydroxylation is 1. The maximum atomic E-state index is 13.7. The summed E-state index contributed by atoms with van der Waals surface area (Å²) in [5.41, 5.74) is 2.74. The summed E-state index contributed by atoms with van der Waals surface area (Å²) in [5, 5.41) is 2.73. The average molecular weight is 375 g/mol. The second-order valence-electron chi connectivity index (χ2n) is 6.43. The number of ether oxygens (including phenoxy) is 1. The zero-order valence-electron chi connectivity index (χ0n) is 15.2. The minimum absolute atomic E-state index is 0.0718. The summed E-state index contributed by atoms with van der Waals surface area (Å²) in [5.74, 6) is 0.205. The molecule has 5 nitrogen and oxygen atoms in total. The monoisotopic (exact) mass is 375 g/mol. The lowest BCUT2D eigenvalue weighted by molar-refractivity contribution is -0.115. The van der Waals surface area contributed by atoms with E-state index in [-0.39, 0.29) is 18.0 Å². The van der Waals surface area contributed by atoms with E-state index in [9.17, 15) is 9.18 Å². The van der Waals surface area contributed by atoms with E-state index < -0.39 is 5.82 Å². The van der Waals surface area contributed by atoms with Crippen molar-refractivity contribution in [3.05, 3.63) is 90.1 Å². The highest BCUT2D eigenvalue weighted by Crippen LogP contribution is 2.30. The Morgan fingerprint density at radius 2 is 1.96 bits per heavy atom. The van der Waals surface area contributed by atoms with Gasteiger partial charge in [0.2, 0.25) is 5.91 Å². The number of nitrogens with one attached hydrogen (secondary N) is 1. The fraction of sp³-hybridized carbons (Fsp3) is 0.0909. The van der Waals surface area contributed by atoms with Crippen molar-refractivity contribution in [3.63, 3.8) is 0 Å². The molecule has 2 aromatic heterocycles. The lowest BCUT2D eigenvalue weighted by atomic mass is 10.2. The minimum Gasteiger partial charge on any atom is -0.455 e. The first kappa shape index (κ1) is 17.7. The molecule has 28 heavy (non-hydrogen) atoms. The molecule has 0 atom stereocenters. The lowest BCUT2D eigenvalue weighted by Crippen LogP contribution is -2.15. The highest BCUT2D eigenvalue weighted by atomic mass is 19.1. The van der Waals surface area contributed by atoms with Gasteiger partial charge in [0.25, 0.3) is 0 Å². The number of nitrogens with zero attached hydrogens (tertiary/aromatic N) is 2. The van der Waals surface area contributed by atoms with Crippen LogP contribution in [0.25, 0.3) is 5.65 Å². The average Bonchev–Trinajstić information content (AvgIpc) is 3.08. The zero-order valence-corrected chi connectivity index (χ0v) is 15.2. The third-order valence-electron chi connectivity index (χ3n) is 4.26. The van der Waals surface area contributed by atoms with Gasteiger partial charge in [-0.05, 0) is 42.8 Å². The predicted octanol–water partition coefficient (Wildman–Crippen LogP) is 4.76. The molecule has 0 spiro atoms. The van der Waals surface area contributed by atoms with Crippen LogP contribution in [0.3, 0.4) is 0 Å². The van der Waals surface area contributed by atoms with E-state index in [1.807, 2.05) is 54.0 Å². The predicted molar refractivity (Wildman–Crippen MR) is 105 cm³/mol. The molecule has 140 valence electrons. The van der Waals surface area contributed by atoms with E-state index in [0.717, 1.165) is 11.2 Å². The topological polar surface area (TPSA) is 55.6 Å². The van der Waals surface area contributed by atoms with E-state index in [4.69, 9.17) is 4.74 Å². The summed E-state index contributed by atoms with van der Waals surface area (Å²) in [4.78, 5) is 17.0. The van der Waals surface area contributed by atoms with Crippen LogP contribution in [0, 0.1) is 12.7 Å². The van der Waals surface area contributed by atoms with Crippen molar-refractivity contribution in [2.45, 2.75) is 13.3 Å². The van der Waals surface area contributed by atoms with Gasteiger partial charge in [-0.3, -0.25) is 4.79 Å². The number of carbonyl (C=O) groups excluding carboxylic acids is 1. The number of imidazole rings is 1. The minimum atomic E-state index is -0.459. The van der Waals surface area contributed by atoms with E-state index >= 15 is 0 Å².